The van der Waals surface area contributed by atoms with E-state index in [0.717, 1.165) is 25.0 Å². The highest BCUT2D eigenvalue weighted by Crippen LogP contribution is 2.09. The molecule has 2 atom stereocenters. The van der Waals surface area contributed by atoms with Gasteiger partial charge in [0.05, 0.1) is 6.10 Å². The van der Waals surface area contributed by atoms with Crippen molar-refractivity contribution in [1.29, 1.82) is 0 Å². The van der Waals surface area contributed by atoms with E-state index in [9.17, 15) is 0 Å². The molecule has 0 aliphatic heterocycles. The average molecular weight is 208 g/mol. The molecule has 2 N–H and O–H groups in total. The van der Waals surface area contributed by atoms with Crippen molar-refractivity contribution in [2.75, 3.05) is 7.11 Å². The van der Waals surface area contributed by atoms with Gasteiger partial charge >= 0.3 is 0 Å². The Morgan fingerprint density at radius 1 is 1.47 bits per heavy atom. The summed E-state index contributed by atoms with van der Waals surface area (Å²) in [6, 6.07) is 5.93. The molecule has 0 saturated heterocycles. The van der Waals surface area contributed by atoms with Crippen LogP contribution in [0, 0.1) is 0 Å². The fraction of sp³-hybridized carbons (Fsp3) is 0.583. The second kappa shape index (κ2) is 6.53. The normalized spacial score (nSPS) is 14.9. The van der Waals surface area contributed by atoms with Crippen LogP contribution in [0.25, 0.3) is 0 Å². The zero-order valence-electron chi connectivity index (χ0n) is 9.52. The van der Waals surface area contributed by atoms with Gasteiger partial charge in [0.2, 0.25) is 0 Å². The van der Waals surface area contributed by atoms with Gasteiger partial charge in [-0.1, -0.05) is 19.4 Å². The van der Waals surface area contributed by atoms with E-state index in [1.165, 1.54) is 0 Å². The monoisotopic (exact) mass is 208 g/mol. The SMILES string of the molecule is CCCC(OC)C(N)Cc1ccccn1. The molecule has 3 nitrogen and oxygen atoms in total. The number of hydrogen-bond acceptors (Lipinski definition) is 3. The molecule has 0 radical (unpaired) electrons. The lowest BCUT2D eigenvalue weighted by atomic mass is 10.0. The lowest BCUT2D eigenvalue weighted by Gasteiger charge is -2.21. The highest BCUT2D eigenvalue weighted by atomic mass is 16.5. The zero-order chi connectivity index (χ0) is 11.1. The van der Waals surface area contributed by atoms with E-state index >= 15 is 0 Å². The van der Waals surface area contributed by atoms with Gasteiger partial charge in [0.25, 0.3) is 0 Å². The van der Waals surface area contributed by atoms with Crippen molar-refractivity contribution in [3.63, 3.8) is 0 Å². The Morgan fingerprint density at radius 3 is 2.80 bits per heavy atom. The van der Waals surface area contributed by atoms with Gasteiger partial charge in [-0.2, -0.15) is 0 Å². The molecule has 0 aliphatic rings. The third-order valence-corrected chi connectivity index (χ3v) is 2.52. The molecule has 1 aromatic rings. The predicted octanol–water partition coefficient (Wildman–Crippen LogP) is 1.77. The van der Waals surface area contributed by atoms with Gasteiger partial charge in [-0.3, -0.25) is 4.98 Å². The molecule has 1 heterocycles. The van der Waals surface area contributed by atoms with Crippen LogP contribution in [0.3, 0.4) is 0 Å². The Bertz CT molecular complexity index is 264. The van der Waals surface area contributed by atoms with Crippen LogP contribution >= 0.6 is 0 Å². The van der Waals surface area contributed by atoms with E-state index in [4.69, 9.17) is 10.5 Å². The summed E-state index contributed by atoms with van der Waals surface area (Å²) in [5.41, 5.74) is 7.11. The van der Waals surface area contributed by atoms with E-state index in [1.807, 2.05) is 18.2 Å². The van der Waals surface area contributed by atoms with Crippen LogP contribution < -0.4 is 5.73 Å². The Labute approximate surface area is 91.7 Å². The Balaban J connectivity index is 2.50. The number of hydrogen-bond donors (Lipinski definition) is 1. The molecular formula is C12H20N2O. The lowest BCUT2D eigenvalue weighted by Crippen LogP contribution is -2.38. The third-order valence-electron chi connectivity index (χ3n) is 2.52. The lowest BCUT2D eigenvalue weighted by molar-refractivity contribution is 0.0724. The molecule has 0 bridgehead atoms. The van der Waals surface area contributed by atoms with Crippen LogP contribution in [0.2, 0.25) is 0 Å². The highest BCUT2D eigenvalue weighted by molar-refractivity contribution is 5.05. The molecule has 84 valence electrons. The maximum Gasteiger partial charge on any atom is 0.0725 e. The smallest absolute Gasteiger partial charge is 0.0725 e. The van der Waals surface area contributed by atoms with Gasteiger partial charge in [-0.15, -0.1) is 0 Å². The minimum atomic E-state index is 0.0323. The van der Waals surface area contributed by atoms with Gasteiger partial charge in [-0.05, 0) is 18.6 Å². The quantitative estimate of drug-likeness (QED) is 0.775. The second-order valence-corrected chi connectivity index (χ2v) is 3.75. The molecular weight excluding hydrogens is 188 g/mol. The Hall–Kier alpha value is -0.930. The van der Waals surface area contributed by atoms with E-state index in [0.29, 0.717) is 0 Å². The van der Waals surface area contributed by atoms with Crippen LogP contribution in [0.4, 0.5) is 0 Å². The molecule has 0 amide bonds. The minimum Gasteiger partial charge on any atom is -0.380 e. The summed E-state index contributed by atoms with van der Waals surface area (Å²) in [5.74, 6) is 0. The van der Waals surface area contributed by atoms with Crippen molar-refractivity contribution in [2.24, 2.45) is 5.73 Å². The highest BCUT2D eigenvalue weighted by Gasteiger charge is 2.16. The van der Waals surface area contributed by atoms with Crippen LogP contribution in [0.5, 0.6) is 0 Å². The summed E-state index contributed by atoms with van der Waals surface area (Å²) >= 11 is 0. The summed E-state index contributed by atoms with van der Waals surface area (Å²) < 4.78 is 5.37. The maximum absolute atomic E-state index is 6.08. The molecule has 3 heteroatoms. The molecule has 0 saturated carbocycles. The van der Waals surface area contributed by atoms with Crippen LogP contribution in [0.15, 0.2) is 24.4 Å². The number of pyridine rings is 1. The predicted molar refractivity (Wildman–Crippen MR) is 61.6 cm³/mol. The topological polar surface area (TPSA) is 48.1 Å². The summed E-state index contributed by atoms with van der Waals surface area (Å²) in [7, 11) is 1.72. The van der Waals surface area contributed by atoms with E-state index < -0.39 is 0 Å². The van der Waals surface area contributed by atoms with Crippen molar-refractivity contribution >= 4 is 0 Å². The first-order valence-electron chi connectivity index (χ1n) is 5.46. The van der Waals surface area contributed by atoms with E-state index in [2.05, 4.69) is 11.9 Å². The number of aromatic nitrogens is 1. The maximum atomic E-state index is 6.08. The number of nitrogens with zero attached hydrogens (tertiary/aromatic N) is 1. The fourth-order valence-electron chi connectivity index (χ4n) is 1.68. The first kappa shape index (κ1) is 12.1. The van der Waals surface area contributed by atoms with Gasteiger partial charge in [0.15, 0.2) is 0 Å². The van der Waals surface area contributed by atoms with E-state index in [-0.39, 0.29) is 12.1 Å². The van der Waals surface area contributed by atoms with Gasteiger partial charge in [0.1, 0.15) is 0 Å². The summed E-state index contributed by atoms with van der Waals surface area (Å²) in [6.07, 6.45) is 4.80. The van der Waals surface area contributed by atoms with Crippen molar-refractivity contribution in [3.8, 4) is 0 Å². The molecule has 1 aromatic heterocycles. The van der Waals surface area contributed by atoms with Crippen molar-refractivity contribution in [2.45, 2.75) is 38.3 Å². The first-order chi connectivity index (χ1) is 7.27. The molecule has 0 aliphatic carbocycles. The van der Waals surface area contributed by atoms with E-state index in [1.54, 1.807) is 13.3 Å². The number of nitrogens with two attached hydrogens (primary N) is 1. The van der Waals surface area contributed by atoms with Crippen LogP contribution in [0.1, 0.15) is 25.5 Å². The van der Waals surface area contributed by atoms with Crippen molar-refractivity contribution < 1.29 is 4.74 Å². The second-order valence-electron chi connectivity index (χ2n) is 3.75. The summed E-state index contributed by atoms with van der Waals surface area (Å²) in [4.78, 5) is 4.26. The largest absolute Gasteiger partial charge is 0.380 e. The van der Waals surface area contributed by atoms with Crippen molar-refractivity contribution in [3.05, 3.63) is 30.1 Å². The summed E-state index contributed by atoms with van der Waals surface area (Å²) in [6.45, 7) is 2.14. The molecule has 1 rings (SSSR count). The van der Waals surface area contributed by atoms with Gasteiger partial charge in [-0.25, -0.2) is 0 Å². The van der Waals surface area contributed by atoms with Crippen LogP contribution in [-0.2, 0) is 11.2 Å². The Morgan fingerprint density at radius 2 is 2.27 bits per heavy atom. The fourth-order valence-corrected chi connectivity index (χ4v) is 1.68. The zero-order valence-corrected chi connectivity index (χ0v) is 9.52. The van der Waals surface area contributed by atoms with Crippen molar-refractivity contribution in [1.82, 2.24) is 4.98 Å². The average Bonchev–Trinajstić information content (AvgIpc) is 2.27. The number of rotatable bonds is 6. The number of ether oxygens (including phenoxy) is 1. The van der Waals surface area contributed by atoms with Gasteiger partial charge < -0.3 is 10.5 Å². The standard InChI is InChI=1S/C12H20N2O/c1-3-6-12(15-2)11(13)9-10-7-4-5-8-14-10/h4-5,7-8,11-12H,3,6,9,13H2,1-2H3. The first-order valence-corrected chi connectivity index (χ1v) is 5.46. The Kier molecular flexibility index (Phi) is 5.29. The van der Waals surface area contributed by atoms with Gasteiger partial charge in [0, 0.05) is 31.5 Å². The molecule has 2 unspecified atom stereocenters. The summed E-state index contributed by atoms with van der Waals surface area (Å²) in [5, 5.41) is 0. The molecule has 15 heavy (non-hydrogen) atoms. The number of methoxy groups -OCH3 is 1. The third kappa shape index (κ3) is 3.98. The van der Waals surface area contributed by atoms with Crippen LogP contribution in [-0.4, -0.2) is 24.2 Å². The molecule has 0 aromatic carbocycles. The minimum absolute atomic E-state index is 0.0323. The molecule has 0 fully saturated rings. The molecule has 0 spiro atoms.